The second-order valence-electron chi connectivity index (χ2n) is 7.22. The lowest BCUT2D eigenvalue weighted by Crippen LogP contribution is -2.40. The van der Waals surface area contributed by atoms with Crippen LogP contribution < -0.4 is 10.3 Å². The fraction of sp³-hybridized carbons (Fsp3) is 0.556. The Labute approximate surface area is 146 Å². The summed E-state index contributed by atoms with van der Waals surface area (Å²) in [5, 5.41) is 0.611. The van der Waals surface area contributed by atoms with Gasteiger partial charge in [0, 0.05) is 30.4 Å². The quantitative estimate of drug-likeness (QED) is 0.862. The first-order valence-corrected chi connectivity index (χ1v) is 9.39. The van der Waals surface area contributed by atoms with E-state index in [0.717, 1.165) is 17.0 Å². The Morgan fingerprint density at radius 2 is 2.00 bits per heavy atom. The van der Waals surface area contributed by atoms with Crippen LogP contribution in [0.2, 0.25) is 0 Å². The summed E-state index contributed by atoms with van der Waals surface area (Å²) >= 11 is -1.20. The number of benzene rings is 1. The number of hydrogen-bond acceptors (Lipinski definition) is 4. The Balaban J connectivity index is 2.61. The molecule has 2 aromatic rings. The van der Waals surface area contributed by atoms with Gasteiger partial charge in [0.15, 0.2) is 0 Å². The average molecular weight is 350 g/mol. The smallest absolute Gasteiger partial charge is 0.261 e. The van der Waals surface area contributed by atoms with Gasteiger partial charge in [-0.15, -0.1) is 4.72 Å². The van der Waals surface area contributed by atoms with E-state index in [4.69, 9.17) is 4.98 Å². The molecular formula is C18H27N3O2S. The van der Waals surface area contributed by atoms with Crippen LogP contribution >= 0.6 is 0 Å². The molecule has 0 fully saturated rings. The lowest BCUT2D eigenvalue weighted by atomic mass is 10.0. The van der Waals surface area contributed by atoms with Gasteiger partial charge in [-0.05, 0) is 46.2 Å². The highest BCUT2D eigenvalue weighted by atomic mass is 32.2. The van der Waals surface area contributed by atoms with Gasteiger partial charge in [-0.25, -0.2) is 4.98 Å². The fourth-order valence-electron chi connectivity index (χ4n) is 2.64. The van der Waals surface area contributed by atoms with E-state index in [2.05, 4.69) is 4.72 Å². The molecule has 0 saturated heterocycles. The molecular weight excluding hydrogens is 322 g/mol. The summed E-state index contributed by atoms with van der Waals surface area (Å²) in [6.07, 6.45) is 0.685. The summed E-state index contributed by atoms with van der Waals surface area (Å²) in [4.78, 5) is 17.4. The van der Waals surface area contributed by atoms with Crippen LogP contribution in [0.4, 0.5) is 0 Å². The Morgan fingerprint density at radius 1 is 1.38 bits per heavy atom. The van der Waals surface area contributed by atoms with Crippen LogP contribution in [-0.4, -0.2) is 18.9 Å². The van der Waals surface area contributed by atoms with Crippen LogP contribution in [0.15, 0.2) is 16.9 Å². The summed E-state index contributed by atoms with van der Waals surface area (Å²) in [7, 11) is 1.76. The maximum atomic E-state index is 12.7. The molecule has 0 aliphatic heterocycles. The zero-order valence-electron chi connectivity index (χ0n) is 15.6. The third kappa shape index (κ3) is 3.66. The maximum Gasteiger partial charge on any atom is 0.261 e. The number of rotatable bonds is 4. The van der Waals surface area contributed by atoms with E-state index in [1.54, 1.807) is 11.6 Å². The summed E-state index contributed by atoms with van der Waals surface area (Å²) in [5.74, 6) is 0.752. The number of aromatic nitrogens is 2. The zero-order chi connectivity index (χ0) is 18.2. The van der Waals surface area contributed by atoms with Gasteiger partial charge in [0.05, 0.1) is 16.9 Å². The van der Waals surface area contributed by atoms with Gasteiger partial charge < -0.3 is 4.55 Å². The molecule has 2 rings (SSSR count). The molecule has 6 heteroatoms. The molecule has 5 nitrogen and oxygen atoms in total. The minimum absolute atomic E-state index is 0.0362. The third-order valence-corrected chi connectivity index (χ3v) is 5.75. The molecule has 0 saturated carbocycles. The van der Waals surface area contributed by atoms with Gasteiger partial charge in [0.25, 0.3) is 5.56 Å². The molecule has 1 unspecified atom stereocenters. The van der Waals surface area contributed by atoms with Crippen molar-refractivity contribution in [2.45, 2.75) is 58.8 Å². The topological polar surface area (TPSA) is 70.0 Å². The van der Waals surface area contributed by atoms with Crippen molar-refractivity contribution in [3.05, 3.63) is 39.4 Å². The van der Waals surface area contributed by atoms with Crippen molar-refractivity contribution in [2.75, 3.05) is 0 Å². The van der Waals surface area contributed by atoms with Crippen LogP contribution in [0, 0.1) is 6.92 Å². The minimum Gasteiger partial charge on any atom is -0.598 e. The van der Waals surface area contributed by atoms with E-state index < -0.39 is 11.4 Å². The normalized spacial score (nSPS) is 14.8. The molecule has 1 N–H and O–H groups in total. The Hall–Kier alpha value is -1.37. The lowest BCUT2D eigenvalue weighted by Gasteiger charge is -2.27. The van der Waals surface area contributed by atoms with Crippen molar-refractivity contribution in [1.29, 1.82) is 0 Å². The SMILES string of the molecule is CCc1nc2c(C(C)N[S@+]([O-])C(C)(C)C)cc(C)cc2c(=O)n1C. The molecule has 24 heavy (non-hydrogen) atoms. The summed E-state index contributed by atoms with van der Waals surface area (Å²) in [6.45, 7) is 11.7. The van der Waals surface area contributed by atoms with Gasteiger partial charge >= 0.3 is 0 Å². The van der Waals surface area contributed by atoms with Gasteiger partial charge in [0.2, 0.25) is 0 Å². The van der Waals surface area contributed by atoms with E-state index >= 15 is 0 Å². The maximum absolute atomic E-state index is 12.7. The van der Waals surface area contributed by atoms with E-state index in [0.29, 0.717) is 17.3 Å². The lowest BCUT2D eigenvalue weighted by molar-refractivity contribution is 0.531. The van der Waals surface area contributed by atoms with E-state index in [-0.39, 0.29) is 16.3 Å². The van der Waals surface area contributed by atoms with Crippen LogP contribution in [0.1, 0.15) is 57.6 Å². The predicted molar refractivity (Wildman–Crippen MR) is 101 cm³/mol. The molecule has 1 heterocycles. The second kappa shape index (κ2) is 6.86. The van der Waals surface area contributed by atoms with E-state index in [1.165, 1.54) is 0 Å². The van der Waals surface area contributed by atoms with Crippen LogP contribution in [0.25, 0.3) is 10.9 Å². The Kier molecular flexibility index (Phi) is 5.42. The van der Waals surface area contributed by atoms with Crippen LogP contribution in [0.5, 0.6) is 0 Å². The van der Waals surface area contributed by atoms with Gasteiger partial charge in [-0.2, -0.15) is 0 Å². The van der Waals surface area contributed by atoms with Crippen molar-refractivity contribution in [3.63, 3.8) is 0 Å². The Morgan fingerprint density at radius 3 is 2.54 bits per heavy atom. The first-order chi connectivity index (χ1) is 11.1. The summed E-state index contributed by atoms with van der Waals surface area (Å²) < 4.78 is 16.8. The van der Waals surface area contributed by atoms with Gasteiger partial charge in [-0.3, -0.25) is 9.36 Å². The van der Waals surface area contributed by atoms with Crippen molar-refractivity contribution in [2.24, 2.45) is 7.05 Å². The molecule has 2 atom stereocenters. The molecule has 0 aliphatic carbocycles. The van der Waals surface area contributed by atoms with Gasteiger partial charge in [0.1, 0.15) is 10.6 Å². The number of nitrogens with zero attached hydrogens (tertiary/aromatic N) is 2. The van der Waals surface area contributed by atoms with Crippen molar-refractivity contribution < 1.29 is 4.55 Å². The van der Waals surface area contributed by atoms with Crippen LogP contribution in [-0.2, 0) is 24.8 Å². The van der Waals surface area contributed by atoms with E-state index in [9.17, 15) is 9.35 Å². The minimum atomic E-state index is -1.20. The third-order valence-electron chi connectivity index (χ3n) is 4.07. The second-order valence-corrected chi connectivity index (χ2v) is 9.21. The molecule has 1 aromatic carbocycles. The number of fused-ring (bicyclic) bond motifs is 1. The molecule has 0 amide bonds. The first-order valence-electron chi connectivity index (χ1n) is 8.24. The van der Waals surface area contributed by atoms with Crippen molar-refractivity contribution in [1.82, 2.24) is 14.3 Å². The Bertz CT molecular complexity index is 808. The highest BCUT2D eigenvalue weighted by Crippen LogP contribution is 2.25. The molecule has 0 bridgehead atoms. The van der Waals surface area contributed by atoms with Gasteiger partial charge in [-0.1, -0.05) is 13.0 Å². The predicted octanol–water partition coefficient (Wildman–Crippen LogP) is 2.92. The van der Waals surface area contributed by atoms with E-state index in [1.807, 2.05) is 53.7 Å². The molecule has 0 aliphatic rings. The first kappa shape index (κ1) is 19.0. The zero-order valence-corrected chi connectivity index (χ0v) is 16.4. The van der Waals surface area contributed by atoms with Crippen LogP contribution in [0.3, 0.4) is 0 Å². The van der Waals surface area contributed by atoms with Crippen molar-refractivity contribution >= 4 is 22.3 Å². The molecule has 0 spiro atoms. The number of hydrogen-bond donors (Lipinski definition) is 1. The standard InChI is InChI=1S/C18H27N3O2S/c1-8-15-19-16-13(12(3)20-24(23)18(4,5)6)9-11(2)10-14(16)17(22)21(15)7/h9-10,12,20H,8H2,1-7H3/t12?,24-/m1/s1. The fourth-order valence-corrected chi connectivity index (χ4v) is 3.45. The highest BCUT2D eigenvalue weighted by molar-refractivity contribution is 7.90. The highest BCUT2D eigenvalue weighted by Gasteiger charge is 2.29. The largest absolute Gasteiger partial charge is 0.598 e. The molecule has 0 radical (unpaired) electrons. The number of nitrogens with one attached hydrogen (secondary N) is 1. The number of aryl methyl sites for hydroxylation is 2. The van der Waals surface area contributed by atoms with Crippen molar-refractivity contribution in [3.8, 4) is 0 Å². The molecule has 132 valence electrons. The summed E-state index contributed by atoms with van der Waals surface area (Å²) in [6, 6.07) is 3.73. The summed E-state index contributed by atoms with van der Waals surface area (Å²) in [5.41, 5.74) is 2.57. The molecule has 1 aromatic heterocycles. The average Bonchev–Trinajstić information content (AvgIpc) is 2.49. The monoisotopic (exact) mass is 349 g/mol.